The first-order chi connectivity index (χ1) is 13.9. The number of anilines is 1. The van der Waals surface area contributed by atoms with Crippen LogP contribution in [0.15, 0.2) is 57.5 Å². The molecule has 1 amide bonds. The molecule has 0 N–H and O–H groups in total. The van der Waals surface area contributed by atoms with Crippen molar-refractivity contribution in [3.63, 3.8) is 0 Å². The van der Waals surface area contributed by atoms with Crippen molar-refractivity contribution < 1.29 is 9.18 Å². The van der Waals surface area contributed by atoms with E-state index in [9.17, 15) is 14.0 Å². The zero-order valence-electron chi connectivity index (χ0n) is 15.2. The van der Waals surface area contributed by atoms with Crippen molar-refractivity contribution in [3.8, 4) is 0 Å². The first kappa shape index (κ1) is 19.5. The molecule has 0 radical (unpaired) electrons. The van der Waals surface area contributed by atoms with Gasteiger partial charge in [-0.3, -0.25) is 14.2 Å². The summed E-state index contributed by atoms with van der Waals surface area (Å²) in [7, 11) is 1.69. The van der Waals surface area contributed by atoms with Crippen LogP contribution in [0.5, 0.6) is 0 Å². The van der Waals surface area contributed by atoms with Gasteiger partial charge in [0.1, 0.15) is 28.7 Å². The molecule has 0 aliphatic rings. The second-order valence-electron chi connectivity index (χ2n) is 6.33. The molecule has 3 aromatic heterocycles. The van der Waals surface area contributed by atoms with Crippen molar-refractivity contribution in [2.24, 2.45) is 7.05 Å². The Labute approximate surface area is 177 Å². The lowest BCUT2D eigenvalue weighted by Crippen LogP contribution is -2.36. The van der Waals surface area contributed by atoms with E-state index in [1.165, 1.54) is 43.9 Å². The first-order valence-electron chi connectivity index (χ1n) is 8.60. The number of nitrogens with zero attached hydrogens (tertiary/aromatic N) is 5. The van der Waals surface area contributed by atoms with Gasteiger partial charge >= 0.3 is 0 Å². The topological polar surface area (TPSA) is 73.0 Å². The summed E-state index contributed by atoms with van der Waals surface area (Å²) in [5.74, 6) is -0.696. The van der Waals surface area contributed by atoms with Gasteiger partial charge in [-0.2, -0.15) is 5.10 Å². The number of carbonyl (C=O) groups is 1. The van der Waals surface area contributed by atoms with Crippen LogP contribution in [0.4, 0.5) is 10.1 Å². The Morgan fingerprint density at radius 1 is 1.28 bits per heavy atom. The van der Waals surface area contributed by atoms with Gasteiger partial charge in [0.25, 0.3) is 5.56 Å². The van der Waals surface area contributed by atoms with Gasteiger partial charge in [0.15, 0.2) is 5.65 Å². The van der Waals surface area contributed by atoms with Gasteiger partial charge in [-0.05, 0) is 51.6 Å². The molecule has 10 heteroatoms. The lowest BCUT2D eigenvalue weighted by molar-refractivity contribution is -0.119. The molecule has 29 heavy (non-hydrogen) atoms. The fourth-order valence-corrected chi connectivity index (χ4v) is 4.26. The van der Waals surface area contributed by atoms with Gasteiger partial charge < -0.3 is 4.90 Å². The first-order valence-corrected chi connectivity index (χ1v) is 10.3. The molecule has 0 fully saturated rings. The van der Waals surface area contributed by atoms with Gasteiger partial charge in [0, 0.05) is 17.6 Å². The fourth-order valence-electron chi connectivity index (χ4n) is 2.98. The van der Waals surface area contributed by atoms with E-state index in [1.807, 2.05) is 17.5 Å². The second-order valence-corrected chi connectivity index (χ2v) is 8.11. The zero-order valence-corrected chi connectivity index (χ0v) is 17.7. The van der Waals surface area contributed by atoms with E-state index in [-0.39, 0.29) is 23.8 Å². The van der Waals surface area contributed by atoms with E-state index in [1.54, 1.807) is 19.2 Å². The number of benzene rings is 1. The highest BCUT2D eigenvalue weighted by Gasteiger charge is 2.20. The van der Waals surface area contributed by atoms with Crippen LogP contribution >= 0.6 is 27.3 Å². The number of hydrogen-bond donors (Lipinski definition) is 0. The van der Waals surface area contributed by atoms with Gasteiger partial charge in [-0.15, -0.1) is 11.3 Å². The predicted molar refractivity (Wildman–Crippen MR) is 112 cm³/mol. The van der Waals surface area contributed by atoms with Crippen LogP contribution in [-0.4, -0.2) is 25.2 Å². The van der Waals surface area contributed by atoms with Gasteiger partial charge in [0.2, 0.25) is 5.91 Å². The predicted octanol–water partition coefficient (Wildman–Crippen LogP) is 3.33. The summed E-state index contributed by atoms with van der Waals surface area (Å²) >= 11 is 4.78. The van der Waals surface area contributed by atoms with E-state index in [0.717, 1.165) is 4.88 Å². The van der Waals surface area contributed by atoms with Crippen molar-refractivity contribution in [1.82, 2.24) is 19.3 Å². The lowest BCUT2D eigenvalue weighted by Gasteiger charge is -2.22. The maximum absolute atomic E-state index is 13.3. The zero-order chi connectivity index (χ0) is 20.5. The van der Waals surface area contributed by atoms with Crippen LogP contribution in [0.25, 0.3) is 11.0 Å². The summed E-state index contributed by atoms with van der Waals surface area (Å²) in [6.07, 6.45) is 1.34. The Bertz CT molecular complexity index is 1230. The van der Waals surface area contributed by atoms with Crippen LogP contribution in [-0.2, 0) is 24.9 Å². The Balaban J connectivity index is 1.68. The van der Waals surface area contributed by atoms with Crippen molar-refractivity contribution in [1.29, 1.82) is 0 Å². The van der Waals surface area contributed by atoms with Crippen molar-refractivity contribution >= 4 is 49.9 Å². The summed E-state index contributed by atoms with van der Waals surface area (Å²) in [5, 5.41) is 6.38. The van der Waals surface area contributed by atoms with Crippen molar-refractivity contribution in [2.45, 2.75) is 13.1 Å². The maximum atomic E-state index is 13.3. The highest BCUT2D eigenvalue weighted by molar-refractivity contribution is 9.10. The molecule has 0 atom stereocenters. The summed E-state index contributed by atoms with van der Waals surface area (Å²) in [4.78, 5) is 32.7. The number of aryl methyl sites for hydroxylation is 1. The van der Waals surface area contributed by atoms with E-state index < -0.39 is 0 Å². The fraction of sp³-hybridized carbons (Fsp3) is 0.158. The van der Waals surface area contributed by atoms with E-state index in [4.69, 9.17) is 0 Å². The molecular weight excluding hydrogens is 461 g/mol. The molecule has 0 aliphatic heterocycles. The number of thiophene rings is 1. The van der Waals surface area contributed by atoms with Crippen LogP contribution in [0, 0.1) is 5.82 Å². The minimum atomic E-state index is -0.385. The third-order valence-electron chi connectivity index (χ3n) is 4.41. The smallest absolute Gasteiger partial charge is 0.266 e. The minimum absolute atomic E-state index is 0.203. The van der Waals surface area contributed by atoms with Crippen molar-refractivity contribution in [2.75, 3.05) is 4.90 Å². The molecule has 7 nitrogen and oxygen atoms in total. The third kappa shape index (κ3) is 3.85. The molecule has 0 unspecified atom stereocenters. The lowest BCUT2D eigenvalue weighted by atomic mass is 10.2. The molecule has 0 saturated heterocycles. The molecule has 148 valence electrons. The molecule has 0 saturated carbocycles. The molecule has 4 aromatic rings. The quantitative estimate of drug-likeness (QED) is 0.443. The number of carbonyl (C=O) groups excluding carboxylic acids is 1. The highest BCUT2D eigenvalue weighted by atomic mass is 79.9. The molecular formula is C19H15BrFN5O2S. The van der Waals surface area contributed by atoms with Crippen molar-refractivity contribution in [3.05, 3.63) is 73.8 Å². The van der Waals surface area contributed by atoms with E-state index in [0.29, 0.717) is 27.9 Å². The van der Waals surface area contributed by atoms with Crippen LogP contribution in [0.1, 0.15) is 4.88 Å². The SMILES string of the molecule is Cn1nc(Br)c2c(=O)n(CC(=O)N(Cc3cccs3)c3ccc(F)cc3)cnc21. The largest absolute Gasteiger partial charge is 0.306 e. The van der Waals surface area contributed by atoms with Gasteiger partial charge in [0.05, 0.1) is 6.54 Å². The Kier molecular flexibility index (Phi) is 5.29. The Hall–Kier alpha value is -2.85. The Morgan fingerprint density at radius 3 is 2.72 bits per heavy atom. The maximum Gasteiger partial charge on any atom is 0.266 e. The van der Waals surface area contributed by atoms with E-state index >= 15 is 0 Å². The molecule has 3 heterocycles. The molecule has 1 aromatic carbocycles. The van der Waals surface area contributed by atoms with Gasteiger partial charge in [-0.1, -0.05) is 6.07 Å². The van der Waals surface area contributed by atoms with Gasteiger partial charge in [-0.25, -0.2) is 14.1 Å². The highest BCUT2D eigenvalue weighted by Crippen LogP contribution is 2.21. The Morgan fingerprint density at radius 2 is 2.03 bits per heavy atom. The number of halogens is 2. The number of fused-ring (bicyclic) bond motifs is 1. The number of hydrogen-bond acceptors (Lipinski definition) is 5. The summed E-state index contributed by atoms with van der Waals surface area (Å²) in [6, 6.07) is 9.51. The number of amides is 1. The summed E-state index contributed by atoms with van der Waals surface area (Å²) in [5.41, 5.74) is 0.618. The molecule has 0 aliphatic carbocycles. The number of aromatic nitrogens is 4. The van der Waals surface area contributed by atoms with Crippen LogP contribution in [0.2, 0.25) is 0 Å². The minimum Gasteiger partial charge on any atom is -0.306 e. The third-order valence-corrected chi connectivity index (χ3v) is 5.82. The monoisotopic (exact) mass is 475 g/mol. The average Bonchev–Trinajstić information content (AvgIpc) is 3.31. The summed E-state index contributed by atoms with van der Waals surface area (Å²) in [6.45, 7) is 0.120. The second kappa shape index (κ2) is 7.88. The standard InChI is InChI=1S/C19H15BrFN5O2S/c1-24-18-16(17(20)23-24)19(28)25(11-22-18)10-15(27)26(9-14-3-2-8-29-14)13-6-4-12(21)5-7-13/h2-8,11H,9-10H2,1H3. The van der Waals surface area contributed by atoms with Crippen LogP contribution < -0.4 is 10.5 Å². The normalized spacial score (nSPS) is 11.1. The number of rotatable bonds is 5. The molecule has 0 bridgehead atoms. The molecule has 0 spiro atoms. The molecule has 4 rings (SSSR count). The summed E-state index contributed by atoms with van der Waals surface area (Å²) < 4.78 is 16.5. The van der Waals surface area contributed by atoms with Crippen LogP contribution in [0.3, 0.4) is 0 Å². The average molecular weight is 476 g/mol. The van der Waals surface area contributed by atoms with E-state index in [2.05, 4.69) is 26.0 Å².